The zero-order valence-corrected chi connectivity index (χ0v) is 27.8. The van der Waals surface area contributed by atoms with Crippen LogP contribution in [0.4, 0.5) is 0 Å². The van der Waals surface area contributed by atoms with Crippen molar-refractivity contribution in [1.82, 2.24) is 29.9 Å². The Morgan fingerprint density at radius 2 is 0.827 bits per heavy atom. The lowest BCUT2D eigenvalue weighted by Crippen LogP contribution is -2.01. The fourth-order valence-corrected chi connectivity index (χ4v) is 7.22. The van der Waals surface area contributed by atoms with E-state index >= 15 is 0 Å². The summed E-state index contributed by atoms with van der Waals surface area (Å²) in [7, 11) is 0. The summed E-state index contributed by atoms with van der Waals surface area (Å²) >= 11 is 0. The van der Waals surface area contributed by atoms with Gasteiger partial charge in [0.15, 0.2) is 17.5 Å². The van der Waals surface area contributed by atoms with E-state index in [4.69, 9.17) is 19.9 Å². The molecule has 6 aromatic carbocycles. The van der Waals surface area contributed by atoms with Crippen molar-refractivity contribution in [2.45, 2.75) is 0 Å². The molecule has 0 N–H and O–H groups in total. The molecule has 0 fully saturated rings. The van der Waals surface area contributed by atoms with Gasteiger partial charge in [0.1, 0.15) is 11.4 Å². The van der Waals surface area contributed by atoms with Crippen LogP contribution in [0, 0.1) is 0 Å². The molecular weight excluding hydrogens is 637 g/mol. The molecule has 6 nitrogen and oxygen atoms in total. The molecule has 0 saturated carbocycles. The first-order valence-electron chi connectivity index (χ1n) is 17.2. The number of fused-ring (bicyclic) bond motifs is 8. The van der Waals surface area contributed by atoms with Crippen molar-refractivity contribution in [1.29, 1.82) is 0 Å². The SMILES string of the molecule is c1ccc(-c2nc(-c3ccc(-c4cccc(-c5nc6ccccc6c6c7ccccc7c7ccccc7c56)c4)cc3)nc(-c3ccccn3)n2)nc1. The minimum Gasteiger partial charge on any atom is -0.253 e. The highest BCUT2D eigenvalue weighted by Gasteiger charge is 2.18. The number of aromatic nitrogens is 6. The number of para-hydroxylation sites is 1. The number of rotatable bonds is 5. The normalized spacial score (nSPS) is 11.5. The van der Waals surface area contributed by atoms with Gasteiger partial charge in [-0.05, 0) is 69.1 Å². The van der Waals surface area contributed by atoms with Gasteiger partial charge in [-0.1, -0.05) is 121 Å². The number of pyridine rings is 3. The van der Waals surface area contributed by atoms with Crippen molar-refractivity contribution in [3.63, 3.8) is 0 Å². The largest absolute Gasteiger partial charge is 0.253 e. The summed E-state index contributed by atoms with van der Waals surface area (Å²) in [5.74, 6) is 1.56. The molecule has 242 valence electrons. The van der Waals surface area contributed by atoms with Gasteiger partial charge < -0.3 is 0 Å². The number of hydrogen-bond donors (Lipinski definition) is 0. The molecule has 0 aliphatic rings. The third-order valence-electron chi connectivity index (χ3n) is 9.61. The van der Waals surface area contributed by atoms with Crippen molar-refractivity contribution in [2.24, 2.45) is 0 Å². The Bertz CT molecular complexity index is 2890. The van der Waals surface area contributed by atoms with Crippen molar-refractivity contribution in [2.75, 3.05) is 0 Å². The maximum absolute atomic E-state index is 5.35. The van der Waals surface area contributed by atoms with E-state index in [0.717, 1.165) is 38.9 Å². The van der Waals surface area contributed by atoms with Crippen LogP contribution in [-0.2, 0) is 0 Å². The minimum absolute atomic E-state index is 0.499. The van der Waals surface area contributed by atoms with Gasteiger partial charge >= 0.3 is 0 Å². The summed E-state index contributed by atoms with van der Waals surface area (Å²) in [4.78, 5) is 28.7. The molecule has 0 aliphatic carbocycles. The first-order chi connectivity index (χ1) is 25.8. The average Bonchev–Trinajstić information content (AvgIpc) is 3.24. The highest BCUT2D eigenvalue weighted by atomic mass is 15.1. The summed E-state index contributed by atoms with van der Waals surface area (Å²) in [5.41, 5.74) is 7.41. The molecule has 0 radical (unpaired) electrons. The monoisotopic (exact) mass is 664 g/mol. The van der Waals surface area contributed by atoms with Crippen LogP contribution in [-0.4, -0.2) is 29.9 Å². The zero-order valence-electron chi connectivity index (χ0n) is 27.8. The second kappa shape index (κ2) is 12.3. The van der Waals surface area contributed by atoms with Gasteiger partial charge in [0.25, 0.3) is 0 Å². The molecule has 4 heterocycles. The first-order valence-corrected chi connectivity index (χ1v) is 17.2. The minimum atomic E-state index is 0.499. The molecule has 52 heavy (non-hydrogen) atoms. The van der Waals surface area contributed by atoms with E-state index < -0.39 is 0 Å². The van der Waals surface area contributed by atoms with Crippen LogP contribution in [0.5, 0.6) is 0 Å². The van der Waals surface area contributed by atoms with Crippen LogP contribution in [0.15, 0.2) is 170 Å². The van der Waals surface area contributed by atoms with Crippen LogP contribution >= 0.6 is 0 Å². The standard InChI is InChI=1S/C46H28N6/c1-3-16-35-33(14-1)34-15-2-4-17-36(34)42-41(35)37-18-5-6-19-38(37)49-43(42)32-13-11-12-31(28-32)29-22-24-30(25-23-29)44-50-45(39-20-7-9-26-47-39)52-46(51-44)40-21-8-10-27-48-40/h1-28H. The molecular formula is C46H28N6. The molecule has 0 unspecified atom stereocenters. The Morgan fingerprint density at radius 3 is 1.46 bits per heavy atom. The van der Waals surface area contributed by atoms with Crippen LogP contribution in [0.2, 0.25) is 0 Å². The second-order valence-electron chi connectivity index (χ2n) is 12.7. The second-order valence-corrected chi connectivity index (χ2v) is 12.7. The fourth-order valence-electron chi connectivity index (χ4n) is 7.22. The van der Waals surface area contributed by atoms with Gasteiger partial charge in [0.05, 0.1) is 11.2 Å². The van der Waals surface area contributed by atoms with Gasteiger partial charge in [0, 0.05) is 39.7 Å². The Morgan fingerprint density at radius 1 is 0.308 bits per heavy atom. The van der Waals surface area contributed by atoms with E-state index in [9.17, 15) is 0 Å². The van der Waals surface area contributed by atoms with Gasteiger partial charge in [-0.25, -0.2) is 19.9 Å². The summed E-state index contributed by atoms with van der Waals surface area (Å²) in [5, 5.41) is 8.47. The molecule has 0 amide bonds. The van der Waals surface area contributed by atoms with E-state index in [1.165, 1.54) is 32.3 Å². The van der Waals surface area contributed by atoms with Crippen LogP contribution in [0.1, 0.15) is 0 Å². The highest BCUT2D eigenvalue weighted by molar-refractivity contribution is 6.33. The van der Waals surface area contributed by atoms with E-state index in [0.29, 0.717) is 28.9 Å². The van der Waals surface area contributed by atoms with Crippen molar-refractivity contribution < 1.29 is 0 Å². The molecule has 0 bridgehead atoms. The van der Waals surface area contributed by atoms with E-state index in [1.54, 1.807) is 12.4 Å². The predicted octanol–water partition coefficient (Wildman–Crippen LogP) is 11.0. The molecule has 10 aromatic rings. The number of benzene rings is 6. The van der Waals surface area contributed by atoms with Gasteiger partial charge in [0.2, 0.25) is 0 Å². The Hall–Kier alpha value is -7.18. The number of nitrogens with zero attached hydrogens (tertiary/aromatic N) is 6. The lowest BCUT2D eigenvalue weighted by Gasteiger charge is -2.16. The van der Waals surface area contributed by atoms with E-state index in [2.05, 4.69) is 131 Å². The summed E-state index contributed by atoms with van der Waals surface area (Å²) in [6.45, 7) is 0. The highest BCUT2D eigenvalue weighted by Crippen LogP contribution is 2.43. The molecule has 0 spiro atoms. The lowest BCUT2D eigenvalue weighted by atomic mass is 9.89. The Balaban J connectivity index is 1.11. The van der Waals surface area contributed by atoms with E-state index in [1.807, 2.05) is 36.4 Å². The molecule has 4 aromatic heterocycles. The fraction of sp³-hybridized carbons (Fsp3) is 0. The Labute approximate surface area is 299 Å². The summed E-state index contributed by atoms with van der Waals surface area (Å²) in [6, 6.07) is 54.3. The van der Waals surface area contributed by atoms with Crippen LogP contribution < -0.4 is 0 Å². The van der Waals surface area contributed by atoms with Gasteiger partial charge in [-0.2, -0.15) is 0 Å². The summed E-state index contributed by atoms with van der Waals surface area (Å²) < 4.78 is 0. The number of hydrogen-bond acceptors (Lipinski definition) is 6. The molecule has 10 rings (SSSR count). The maximum Gasteiger partial charge on any atom is 0.182 e. The maximum atomic E-state index is 5.35. The molecule has 0 atom stereocenters. The zero-order chi connectivity index (χ0) is 34.4. The smallest absolute Gasteiger partial charge is 0.182 e. The van der Waals surface area contributed by atoms with Crippen LogP contribution in [0.3, 0.4) is 0 Å². The average molecular weight is 665 g/mol. The van der Waals surface area contributed by atoms with Gasteiger partial charge in [-0.15, -0.1) is 0 Å². The van der Waals surface area contributed by atoms with Crippen molar-refractivity contribution in [3.8, 4) is 56.8 Å². The molecule has 0 saturated heterocycles. The Kier molecular flexibility index (Phi) is 7.03. The van der Waals surface area contributed by atoms with E-state index in [-0.39, 0.29) is 0 Å². The van der Waals surface area contributed by atoms with Crippen molar-refractivity contribution in [3.05, 3.63) is 170 Å². The molecule has 0 aliphatic heterocycles. The van der Waals surface area contributed by atoms with Crippen LogP contribution in [0.25, 0.3) is 100 Å². The quantitative estimate of drug-likeness (QED) is 0.170. The van der Waals surface area contributed by atoms with Gasteiger partial charge in [-0.3, -0.25) is 9.97 Å². The predicted molar refractivity (Wildman–Crippen MR) is 210 cm³/mol. The third kappa shape index (κ3) is 5.05. The third-order valence-corrected chi connectivity index (χ3v) is 9.61. The lowest BCUT2D eigenvalue weighted by molar-refractivity contribution is 1.05. The first kappa shape index (κ1) is 29.7. The topological polar surface area (TPSA) is 77.3 Å². The van der Waals surface area contributed by atoms with Crippen molar-refractivity contribution >= 4 is 43.2 Å². The summed E-state index contributed by atoms with van der Waals surface area (Å²) in [6.07, 6.45) is 3.48. The molecule has 6 heteroatoms.